The summed E-state index contributed by atoms with van der Waals surface area (Å²) in [7, 11) is -1.86. The first kappa shape index (κ1) is 31.3. The summed E-state index contributed by atoms with van der Waals surface area (Å²) in [6.45, 7) is 0.292. The topological polar surface area (TPSA) is 232 Å². The van der Waals surface area contributed by atoms with Crippen LogP contribution in [-0.4, -0.2) is 99.1 Å². The number of carbonyl (C=O) groups excluding carboxylic acids is 4. The first-order valence-corrected chi connectivity index (χ1v) is 13.2. The van der Waals surface area contributed by atoms with Crippen molar-refractivity contribution < 1.29 is 53.4 Å². The number of piperazine rings is 1. The van der Waals surface area contributed by atoms with Crippen molar-refractivity contribution >= 4 is 48.4 Å². The minimum atomic E-state index is -1.86. The van der Waals surface area contributed by atoms with Crippen LogP contribution in [0.1, 0.15) is 33.9 Å². The number of benzene rings is 2. The highest BCUT2D eigenvalue weighted by atomic mass is 35.5. The highest BCUT2D eigenvalue weighted by Gasteiger charge is 2.42. The van der Waals surface area contributed by atoms with Gasteiger partial charge in [-0.05, 0) is 37.1 Å². The summed E-state index contributed by atoms with van der Waals surface area (Å²) in [5.74, 6) is -9.02. The Morgan fingerprint density at radius 3 is 2.56 bits per heavy atom. The van der Waals surface area contributed by atoms with Crippen LogP contribution in [0.15, 0.2) is 24.3 Å². The van der Waals surface area contributed by atoms with Gasteiger partial charge in [0.05, 0.1) is 11.0 Å². The van der Waals surface area contributed by atoms with E-state index in [0.717, 1.165) is 18.2 Å². The number of carboxylic acid groups (broad SMARTS) is 1. The number of nitrogens with zero attached hydrogens (tertiary/aromatic N) is 2. The van der Waals surface area contributed by atoms with Gasteiger partial charge in [0.1, 0.15) is 23.2 Å². The van der Waals surface area contributed by atoms with E-state index in [1.807, 2.05) is 0 Å². The maximum atomic E-state index is 14.1. The van der Waals surface area contributed by atoms with Gasteiger partial charge in [0.25, 0.3) is 0 Å². The normalized spacial score (nSPS) is 17.2. The van der Waals surface area contributed by atoms with E-state index in [-0.39, 0.29) is 43.7 Å². The lowest BCUT2D eigenvalue weighted by Crippen LogP contribution is -2.60. The molecule has 2 aliphatic heterocycles. The zero-order valence-electron chi connectivity index (χ0n) is 22.3. The third-order valence-corrected chi connectivity index (χ3v) is 7.30. The van der Waals surface area contributed by atoms with Crippen molar-refractivity contribution in [1.29, 1.82) is 0 Å². The van der Waals surface area contributed by atoms with Gasteiger partial charge in [-0.1, -0.05) is 23.7 Å². The number of rotatable bonds is 8. The molecule has 43 heavy (non-hydrogen) atoms. The molecule has 0 unspecified atom stereocenters. The molecule has 2 aromatic rings. The minimum Gasteiger partial charge on any atom is -0.534 e. The van der Waals surface area contributed by atoms with Crippen LogP contribution in [0.2, 0.25) is 5.02 Å². The van der Waals surface area contributed by atoms with Crippen molar-refractivity contribution in [2.75, 3.05) is 26.2 Å². The molecule has 4 rings (SSSR count). The fourth-order valence-corrected chi connectivity index (χ4v) is 4.94. The zero-order valence-corrected chi connectivity index (χ0v) is 23.0. The maximum absolute atomic E-state index is 14.1. The van der Waals surface area contributed by atoms with Crippen molar-refractivity contribution in [2.45, 2.75) is 24.8 Å². The van der Waals surface area contributed by atoms with Crippen LogP contribution >= 0.6 is 11.6 Å². The van der Waals surface area contributed by atoms with Gasteiger partial charge >= 0.3 is 30.9 Å². The number of imide groups is 1. The van der Waals surface area contributed by atoms with Crippen molar-refractivity contribution in [1.82, 2.24) is 20.4 Å². The number of fused-ring (bicyclic) bond motifs is 1. The number of carboxylic acids is 1. The van der Waals surface area contributed by atoms with E-state index in [1.165, 1.54) is 11.0 Å². The van der Waals surface area contributed by atoms with Crippen LogP contribution in [0.4, 0.5) is 9.18 Å². The summed E-state index contributed by atoms with van der Waals surface area (Å²) in [6, 6.07) is 1.29. The Morgan fingerprint density at radius 2 is 1.88 bits per heavy atom. The summed E-state index contributed by atoms with van der Waals surface area (Å²) in [6.07, 6.45) is 0.208. The van der Waals surface area contributed by atoms with Gasteiger partial charge in [-0.2, -0.15) is 0 Å². The smallest absolute Gasteiger partial charge is 0.534 e. The Morgan fingerprint density at radius 1 is 1.16 bits per heavy atom. The SMILES string of the molecule is NCCCN1CCN(C(=O)N[C@H](C(=O)N[C@H]2Cc3ccc(F)c(C(=O)O)c3OB2O)c2ccc(O)c(O)c2Cl)C(=O)C1=O. The second-order valence-corrected chi connectivity index (χ2v) is 10.0. The third-order valence-electron chi connectivity index (χ3n) is 6.90. The van der Waals surface area contributed by atoms with E-state index >= 15 is 0 Å². The standard InChI is InChI=1S/C25H26BClFN5O10/c27-17-12(3-5-14(34)19(17)35)18(31-25(41)33-9-8-32(7-1-6-29)22(37)23(33)38)21(36)30-15-10-11-2-4-13(28)16(24(39)40)20(11)43-26(15)42/h2-5,15,18,34-35,42H,1,6-10,29H2,(H,30,36)(H,31,41)(H,39,40)/t15-,18-/m0/s1. The largest absolute Gasteiger partial charge is 0.547 e. The van der Waals surface area contributed by atoms with Gasteiger partial charge in [0, 0.05) is 25.2 Å². The predicted molar refractivity (Wildman–Crippen MR) is 146 cm³/mol. The lowest BCUT2D eigenvalue weighted by molar-refractivity contribution is -0.153. The van der Waals surface area contributed by atoms with Crippen molar-refractivity contribution in [3.05, 3.63) is 51.8 Å². The molecule has 0 radical (unpaired) electrons. The van der Waals surface area contributed by atoms with Crippen LogP contribution in [-0.2, 0) is 20.8 Å². The number of urea groups is 1. The first-order valence-electron chi connectivity index (χ1n) is 12.9. The molecule has 2 atom stereocenters. The van der Waals surface area contributed by atoms with Gasteiger partial charge in [-0.3, -0.25) is 19.3 Å². The minimum absolute atomic E-state index is 0.0134. The van der Waals surface area contributed by atoms with Crippen molar-refractivity contribution in [2.24, 2.45) is 5.73 Å². The van der Waals surface area contributed by atoms with Crippen LogP contribution in [0.25, 0.3) is 0 Å². The molecule has 0 bridgehead atoms. The Bertz CT molecular complexity index is 1500. The van der Waals surface area contributed by atoms with Crippen LogP contribution in [0, 0.1) is 5.82 Å². The van der Waals surface area contributed by atoms with Crippen LogP contribution < -0.4 is 21.0 Å². The molecule has 8 N–H and O–H groups in total. The maximum Gasteiger partial charge on any atom is 0.547 e. The molecule has 0 aliphatic carbocycles. The number of hydrogen-bond acceptors (Lipinski definition) is 10. The molecular formula is C25H26BClFN5O10. The van der Waals surface area contributed by atoms with E-state index in [9.17, 15) is 48.7 Å². The van der Waals surface area contributed by atoms with E-state index < -0.39 is 82.5 Å². The van der Waals surface area contributed by atoms with Gasteiger partial charge < -0.3 is 46.3 Å². The fraction of sp³-hybridized carbons (Fsp3) is 0.320. The van der Waals surface area contributed by atoms with Crippen molar-refractivity contribution in [3.8, 4) is 17.2 Å². The molecule has 2 heterocycles. The first-order chi connectivity index (χ1) is 20.3. The summed E-state index contributed by atoms with van der Waals surface area (Å²) in [5.41, 5.74) is 4.56. The van der Waals surface area contributed by atoms with E-state index in [4.69, 9.17) is 22.0 Å². The monoisotopic (exact) mass is 621 g/mol. The number of amides is 5. The Labute approximate surface area is 248 Å². The van der Waals surface area contributed by atoms with Crippen LogP contribution in [0.3, 0.4) is 0 Å². The molecule has 0 aromatic heterocycles. The molecular weight excluding hydrogens is 596 g/mol. The lowest BCUT2D eigenvalue weighted by atomic mass is 9.72. The summed E-state index contributed by atoms with van der Waals surface area (Å²) < 4.78 is 19.3. The lowest BCUT2D eigenvalue weighted by Gasteiger charge is -2.34. The second kappa shape index (κ2) is 12.7. The summed E-state index contributed by atoms with van der Waals surface area (Å²) in [4.78, 5) is 65.3. The Balaban J connectivity index is 1.59. The fourth-order valence-electron chi connectivity index (χ4n) is 4.67. The molecule has 2 aromatic carbocycles. The summed E-state index contributed by atoms with van der Waals surface area (Å²) in [5, 5.41) is 44.0. The van der Waals surface area contributed by atoms with E-state index in [1.54, 1.807) is 0 Å². The van der Waals surface area contributed by atoms with E-state index in [0.29, 0.717) is 11.3 Å². The number of carbonyl (C=O) groups is 5. The molecule has 0 spiro atoms. The number of aromatic hydroxyl groups is 2. The molecule has 18 heteroatoms. The number of phenolic OH excluding ortho intramolecular Hbond substituents is 2. The molecule has 1 fully saturated rings. The number of halogens is 2. The average Bonchev–Trinajstić information content (AvgIpc) is 2.96. The molecule has 15 nitrogen and oxygen atoms in total. The second-order valence-electron chi connectivity index (χ2n) is 9.65. The van der Waals surface area contributed by atoms with Gasteiger partial charge in [-0.25, -0.2) is 14.0 Å². The highest BCUT2D eigenvalue weighted by Crippen LogP contribution is 2.38. The molecule has 0 saturated carbocycles. The third kappa shape index (κ3) is 6.28. The highest BCUT2D eigenvalue weighted by molar-refractivity contribution is 6.47. The molecule has 2 aliphatic rings. The average molecular weight is 622 g/mol. The number of hydrogen-bond donors (Lipinski definition) is 7. The Hall–Kier alpha value is -4.61. The zero-order chi connectivity index (χ0) is 31.6. The molecule has 228 valence electrons. The van der Waals surface area contributed by atoms with Crippen LogP contribution in [0.5, 0.6) is 17.2 Å². The number of aromatic carboxylic acids is 1. The number of nitrogens with two attached hydrogens (primary N) is 1. The van der Waals surface area contributed by atoms with Crippen molar-refractivity contribution in [3.63, 3.8) is 0 Å². The molecule has 1 saturated heterocycles. The molecule has 5 amide bonds. The van der Waals surface area contributed by atoms with Gasteiger partial charge in [0.2, 0.25) is 5.91 Å². The quantitative estimate of drug-likeness (QED) is 0.113. The number of nitrogens with one attached hydrogen (secondary N) is 2. The van der Waals surface area contributed by atoms with E-state index in [2.05, 4.69) is 10.6 Å². The predicted octanol–water partition coefficient (Wildman–Crippen LogP) is -0.502. The Kier molecular flexibility index (Phi) is 9.27. The summed E-state index contributed by atoms with van der Waals surface area (Å²) >= 11 is 6.17. The van der Waals surface area contributed by atoms with Gasteiger partial charge in [-0.15, -0.1) is 0 Å². The van der Waals surface area contributed by atoms with Gasteiger partial charge in [0.15, 0.2) is 11.5 Å². The number of phenols is 2.